The lowest BCUT2D eigenvalue weighted by atomic mass is 10.2. The van der Waals surface area contributed by atoms with E-state index in [0.717, 1.165) is 4.48 Å². The number of hydrogen-bond acceptors (Lipinski definition) is 1. The van der Waals surface area contributed by atoms with Gasteiger partial charge < -0.3 is 4.48 Å². The Bertz CT molecular complexity index is 404. The average molecular weight is 192 g/mol. The summed E-state index contributed by atoms with van der Waals surface area (Å²) in [5, 5.41) is 0. The summed E-state index contributed by atoms with van der Waals surface area (Å²) in [5.74, 6) is 0. The zero-order valence-corrected chi connectivity index (χ0v) is 7.27. The number of allylic oxidation sites excluding steroid dienone is 2. The fourth-order valence-electron chi connectivity index (χ4n) is 1.26. The molecule has 14 heavy (non-hydrogen) atoms. The molecule has 0 atom stereocenters. The summed E-state index contributed by atoms with van der Waals surface area (Å²) >= 11 is 0. The van der Waals surface area contributed by atoms with E-state index in [1.807, 2.05) is 0 Å². The first-order chi connectivity index (χ1) is 6.77. The Morgan fingerprint density at radius 3 is 2.93 bits per heavy atom. The second-order valence-corrected chi connectivity index (χ2v) is 2.82. The zero-order chi connectivity index (χ0) is 9.97. The molecule has 5 heteroatoms. The van der Waals surface area contributed by atoms with Crippen LogP contribution in [0, 0.1) is 0 Å². The molecule has 0 spiro atoms. The summed E-state index contributed by atoms with van der Waals surface area (Å²) in [6.45, 7) is 0. The van der Waals surface area contributed by atoms with E-state index in [2.05, 4.69) is 4.99 Å². The van der Waals surface area contributed by atoms with E-state index >= 15 is 0 Å². The Morgan fingerprint density at radius 1 is 1.43 bits per heavy atom. The molecule has 0 saturated carbocycles. The molecule has 0 N–H and O–H groups in total. The normalized spacial score (nSPS) is 16.9. The second-order valence-electron chi connectivity index (χ2n) is 2.82. The number of hydrogen-bond donors (Lipinski definition) is 0. The van der Waals surface area contributed by atoms with Crippen LogP contribution in [0.2, 0.25) is 0 Å². The van der Waals surface area contributed by atoms with Crippen LogP contribution in [0.3, 0.4) is 0 Å². The van der Waals surface area contributed by atoms with Gasteiger partial charge in [0, 0.05) is 11.9 Å². The molecule has 0 aromatic carbocycles. The molecule has 0 saturated heterocycles. The zero-order valence-electron chi connectivity index (χ0n) is 7.27. The molecule has 2 nitrogen and oxygen atoms in total. The van der Waals surface area contributed by atoms with Crippen molar-refractivity contribution in [2.75, 3.05) is 0 Å². The summed E-state index contributed by atoms with van der Waals surface area (Å²) in [7, 11) is -2.51. The lowest BCUT2D eigenvalue weighted by Crippen LogP contribution is -2.12. The van der Waals surface area contributed by atoms with E-state index < -0.39 is 7.40 Å². The molecule has 1 aromatic heterocycles. The third-order valence-electron chi connectivity index (χ3n) is 1.89. The van der Waals surface area contributed by atoms with Gasteiger partial charge in [-0.15, -0.1) is 0 Å². The van der Waals surface area contributed by atoms with Gasteiger partial charge in [-0.1, -0.05) is 0 Å². The van der Waals surface area contributed by atoms with E-state index in [-0.39, 0.29) is 0 Å². The summed E-state index contributed by atoms with van der Waals surface area (Å²) in [6.07, 6.45) is 8.12. The minimum absolute atomic E-state index is 0.457. The summed E-state index contributed by atoms with van der Waals surface area (Å²) in [5.41, 5.74) is 1.14. The number of rotatable bonds is 2. The molecule has 0 radical (unpaired) electrons. The Labute approximate surface area is 80.5 Å². The van der Waals surface area contributed by atoms with E-state index in [0.29, 0.717) is 11.4 Å². The fraction of sp³-hybridized carbons (Fsp3) is 0. The molecule has 2 rings (SSSR count). The van der Waals surface area contributed by atoms with E-state index in [9.17, 15) is 8.63 Å². The van der Waals surface area contributed by atoms with Crippen molar-refractivity contribution in [2.24, 2.45) is 4.99 Å². The Kier molecular flexibility index (Phi) is 2.31. The smallest absolute Gasteiger partial charge is 0.332 e. The largest absolute Gasteiger partial charge is 0.677 e. The average Bonchev–Trinajstić information content (AvgIpc) is 2.75. The van der Waals surface area contributed by atoms with Gasteiger partial charge >= 0.3 is 7.40 Å². The Hall–Kier alpha value is -1.65. The highest BCUT2D eigenvalue weighted by Gasteiger charge is 2.17. The molecule has 0 fully saturated rings. The molecular weight excluding hydrogens is 185 g/mol. The highest BCUT2D eigenvalue weighted by molar-refractivity contribution is 6.41. The van der Waals surface area contributed by atoms with Crippen molar-refractivity contribution in [3.8, 4) is 0 Å². The van der Waals surface area contributed by atoms with Crippen LogP contribution in [0.4, 0.5) is 8.63 Å². The summed E-state index contributed by atoms with van der Waals surface area (Å²) in [4.78, 5) is 3.98. The lowest BCUT2D eigenvalue weighted by Gasteiger charge is -2.00. The first-order valence-corrected chi connectivity index (χ1v) is 4.15. The SMILES string of the molecule is FB(F)n1cccc1/C=C1\C=CC=N1. The molecular formula is C9H7BF2N2. The van der Waals surface area contributed by atoms with Crippen molar-refractivity contribution in [3.63, 3.8) is 0 Å². The highest BCUT2D eigenvalue weighted by atomic mass is 19.2. The number of aliphatic imine (C=N–C) groups is 1. The van der Waals surface area contributed by atoms with E-state index in [1.165, 1.54) is 6.20 Å². The van der Waals surface area contributed by atoms with Crippen molar-refractivity contribution in [1.82, 2.24) is 4.48 Å². The van der Waals surface area contributed by atoms with E-state index in [1.54, 1.807) is 36.6 Å². The van der Waals surface area contributed by atoms with Crippen LogP contribution in [0.15, 0.2) is 41.2 Å². The second kappa shape index (κ2) is 3.61. The van der Waals surface area contributed by atoms with Crippen molar-refractivity contribution in [1.29, 1.82) is 0 Å². The molecule has 1 aliphatic heterocycles. The molecule has 0 bridgehead atoms. The Balaban J connectivity index is 2.33. The van der Waals surface area contributed by atoms with Crippen LogP contribution in [-0.4, -0.2) is 18.1 Å². The monoisotopic (exact) mass is 192 g/mol. The molecule has 70 valence electrons. The minimum atomic E-state index is -2.51. The summed E-state index contributed by atoms with van der Waals surface area (Å²) in [6, 6.07) is 3.21. The predicted molar refractivity (Wildman–Crippen MR) is 53.4 cm³/mol. The van der Waals surface area contributed by atoms with Gasteiger partial charge in [-0.05, 0) is 36.6 Å². The van der Waals surface area contributed by atoms with Crippen LogP contribution >= 0.6 is 0 Å². The van der Waals surface area contributed by atoms with Crippen molar-refractivity contribution in [2.45, 2.75) is 0 Å². The van der Waals surface area contributed by atoms with Crippen LogP contribution < -0.4 is 0 Å². The first-order valence-electron chi connectivity index (χ1n) is 4.15. The number of nitrogens with zero attached hydrogens (tertiary/aromatic N) is 2. The quantitative estimate of drug-likeness (QED) is 0.639. The van der Waals surface area contributed by atoms with Crippen LogP contribution in [0.1, 0.15) is 5.69 Å². The van der Waals surface area contributed by atoms with Gasteiger partial charge in [0.05, 0.1) is 5.70 Å². The molecule has 0 aliphatic carbocycles. The molecule has 2 heterocycles. The number of aromatic nitrogens is 1. The van der Waals surface area contributed by atoms with E-state index in [4.69, 9.17) is 0 Å². The maximum atomic E-state index is 12.4. The Morgan fingerprint density at radius 2 is 2.29 bits per heavy atom. The maximum absolute atomic E-state index is 12.4. The topological polar surface area (TPSA) is 17.3 Å². The third kappa shape index (κ3) is 1.66. The third-order valence-corrected chi connectivity index (χ3v) is 1.89. The molecule has 1 aromatic rings. The van der Waals surface area contributed by atoms with Crippen LogP contribution in [-0.2, 0) is 0 Å². The maximum Gasteiger partial charge on any atom is 0.677 e. The molecule has 1 aliphatic rings. The minimum Gasteiger partial charge on any atom is -0.332 e. The highest BCUT2D eigenvalue weighted by Crippen LogP contribution is 2.13. The summed E-state index contributed by atoms with van der Waals surface area (Å²) < 4.78 is 25.7. The predicted octanol–water partition coefficient (Wildman–Crippen LogP) is 2.24. The molecule has 0 unspecified atom stereocenters. The van der Waals surface area contributed by atoms with Gasteiger partial charge in [-0.25, -0.2) is 0 Å². The molecule has 0 amide bonds. The van der Waals surface area contributed by atoms with Gasteiger partial charge in [0.25, 0.3) is 0 Å². The van der Waals surface area contributed by atoms with Gasteiger partial charge in [0.1, 0.15) is 0 Å². The van der Waals surface area contributed by atoms with Gasteiger partial charge in [-0.3, -0.25) is 13.6 Å². The number of halogens is 2. The van der Waals surface area contributed by atoms with Gasteiger partial charge in [0.2, 0.25) is 0 Å². The first kappa shape index (κ1) is 8.93. The standard InChI is InChI=1S/C9H7BF2N2/c11-10(12)14-6-2-4-9(14)7-8-3-1-5-13-8/h1-7H/b8-7+. The van der Waals surface area contributed by atoms with Crippen molar-refractivity contribution >= 4 is 19.7 Å². The lowest BCUT2D eigenvalue weighted by molar-refractivity contribution is 0.629. The fourth-order valence-corrected chi connectivity index (χ4v) is 1.26. The van der Waals surface area contributed by atoms with Crippen molar-refractivity contribution in [3.05, 3.63) is 41.9 Å². The van der Waals surface area contributed by atoms with Crippen molar-refractivity contribution < 1.29 is 8.63 Å². The van der Waals surface area contributed by atoms with Gasteiger partial charge in [0.15, 0.2) is 0 Å². The van der Waals surface area contributed by atoms with Crippen LogP contribution in [0.25, 0.3) is 6.08 Å². The van der Waals surface area contributed by atoms with Gasteiger partial charge in [-0.2, -0.15) is 0 Å². The van der Waals surface area contributed by atoms with Crippen LogP contribution in [0.5, 0.6) is 0 Å².